The lowest BCUT2D eigenvalue weighted by Gasteiger charge is -2.07. The molecule has 2 aromatic heterocycles. The summed E-state index contributed by atoms with van der Waals surface area (Å²) in [6.07, 6.45) is 5.26. The lowest BCUT2D eigenvalue weighted by molar-refractivity contribution is 0.0912. The second kappa shape index (κ2) is 6.93. The van der Waals surface area contributed by atoms with Crippen LogP contribution in [-0.2, 0) is 25.9 Å². The molecule has 7 nitrogen and oxygen atoms in total. The van der Waals surface area contributed by atoms with Crippen LogP contribution in [0.15, 0.2) is 10.6 Å². The molecule has 1 aliphatic rings. The van der Waals surface area contributed by atoms with Gasteiger partial charge in [-0.05, 0) is 25.2 Å². The summed E-state index contributed by atoms with van der Waals surface area (Å²) in [5, 5.41) is 15.2. The van der Waals surface area contributed by atoms with Crippen LogP contribution in [0.25, 0.3) is 0 Å². The highest BCUT2D eigenvalue weighted by atomic mass is 16.5. The fourth-order valence-corrected chi connectivity index (χ4v) is 2.86. The van der Waals surface area contributed by atoms with Crippen LogP contribution in [-0.4, -0.2) is 25.8 Å². The maximum atomic E-state index is 12.2. The van der Waals surface area contributed by atoms with Gasteiger partial charge in [-0.2, -0.15) is 0 Å². The largest absolute Gasteiger partial charge is 0.351 e. The van der Waals surface area contributed by atoms with E-state index in [2.05, 4.69) is 39.1 Å². The lowest BCUT2D eigenvalue weighted by Crippen LogP contribution is -2.24. The highest BCUT2D eigenvalue weighted by Gasteiger charge is 2.17. The minimum absolute atomic E-state index is 0.247. The molecule has 23 heavy (non-hydrogen) atoms. The number of nitrogens with zero attached hydrogens (tertiary/aromatic N) is 4. The molecule has 0 fully saturated rings. The first kappa shape index (κ1) is 15.7. The Morgan fingerprint density at radius 3 is 3.04 bits per heavy atom. The number of aromatic nitrogens is 4. The van der Waals surface area contributed by atoms with Crippen molar-refractivity contribution in [2.75, 3.05) is 0 Å². The molecule has 0 bridgehead atoms. The zero-order valence-corrected chi connectivity index (χ0v) is 13.7. The number of nitrogens with one attached hydrogen (secondary N) is 1. The van der Waals surface area contributed by atoms with Crippen LogP contribution in [0.3, 0.4) is 0 Å². The van der Waals surface area contributed by atoms with E-state index in [-0.39, 0.29) is 11.7 Å². The Labute approximate surface area is 135 Å². The number of carbonyl (C=O) groups excluding carboxylic acids is 1. The average molecular weight is 317 g/mol. The van der Waals surface area contributed by atoms with Crippen molar-refractivity contribution in [3.63, 3.8) is 0 Å². The second-order valence-corrected chi connectivity index (χ2v) is 6.46. The first-order chi connectivity index (χ1) is 11.1. The van der Waals surface area contributed by atoms with Gasteiger partial charge in [0, 0.05) is 19.0 Å². The van der Waals surface area contributed by atoms with E-state index in [9.17, 15) is 4.79 Å². The maximum Gasteiger partial charge on any atom is 0.290 e. The predicted octanol–water partition coefficient (Wildman–Crippen LogP) is 2.12. The topological polar surface area (TPSA) is 85.8 Å². The Bertz CT molecular complexity index is 674. The molecule has 0 saturated carbocycles. The van der Waals surface area contributed by atoms with Crippen molar-refractivity contribution in [3.05, 3.63) is 29.2 Å². The van der Waals surface area contributed by atoms with E-state index in [4.69, 9.17) is 4.52 Å². The molecule has 2 aromatic rings. The minimum Gasteiger partial charge on any atom is -0.351 e. The van der Waals surface area contributed by atoms with Crippen LogP contribution >= 0.6 is 0 Å². The molecule has 0 spiro atoms. The monoisotopic (exact) mass is 317 g/mol. The van der Waals surface area contributed by atoms with E-state index in [0.717, 1.165) is 49.6 Å². The van der Waals surface area contributed by atoms with Crippen molar-refractivity contribution in [2.45, 2.75) is 59.0 Å². The zero-order valence-electron chi connectivity index (χ0n) is 13.7. The molecule has 0 unspecified atom stereocenters. The maximum absolute atomic E-state index is 12.2. The van der Waals surface area contributed by atoms with Gasteiger partial charge in [-0.15, -0.1) is 10.2 Å². The minimum atomic E-state index is -0.265. The Morgan fingerprint density at radius 2 is 2.22 bits per heavy atom. The molecule has 1 amide bonds. The second-order valence-electron chi connectivity index (χ2n) is 6.46. The van der Waals surface area contributed by atoms with Gasteiger partial charge in [0.05, 0.1) is 12.2 Å². The standard InChI is InChI=1S/C16H23N5O2/c1-11(2)8-12-9-13(23-20-12)16(22)17-10-15-19-18-14-6-4-3-5-7-21(14)15/h9,11H,3-8,10H2,1-2H3,(H,17,22). The molecule has 7 heteroatoms. The number of aryl methyl sites for hydroxylation is 1. The highest BCUT2D eigenvalue weighted by molar-refractivity contribution is 5.91. The summed E-state index contributed by atoms with van der Waals surface area (Å²) in [4.78, 5) is 12.2. The number of rotatable bonds is 5. The zero-order chi connectivity index (χ0) is 16.2. The van der Waals surface area contributed by atoms with Crippen LogP contribution in [0.2, 0.25) is 0 Å². The molecule has 1 N–H and O–H groups in total. The van der Waals surface area contributed by atoms with E-state index < -0.39 is 0 Å². The number of hydrogen-bond acceptors (Lipinski definition) is 5. The molecule has 3 rings (SSSR count). The Kier molecular flexibility index (Phi) is 4.73. The third-order valence-electron chi connectivity index (χ3n) is 3.99. The summed E-state index contributed by atoms with van der Waals surface area (Å²) in [6.45, 7) is 5.48. The molecule has 0 aliphatic carbocycles. The van der Waals surface area contributed by atoms with Crippen LogP contribution in [0.5, 0.6) is 0 Å². The summed E-state index contributed by atoms with van der Waals surface area (Å²) >= 11 is 0. The van der Waals surface area contributed by atoms with Crippen molar-refractivity contribution >= 4 is 5.91 Å². The summed E-state index contributed by atoms with van der Waals surface area (Å²) in [7, 11) is 0. The summed E-state index contributed by atoms with van der Waals surface area (Å²) < 4.78 is 7.25. The number of fused-ring (bicyclic) bond motifs is 1. The van der Waals surface area contributed by atoms with Gasteiger partial charge >= 0.3 is 0 Å². The van der Waals surface area contributed by atoms with Gasteiger partial charge in [-0.1, -0.05) is 25.4 Å². The summed E-state index contributed by atoms with van der Waals surface area (Å²) in [6, 6.07) is 1.71. The van der Waals surface area contributed by atoms with Crippen molar-refractivity contribution in [1.82, 2.24) is 25.2 Å². The van der Waals surface area contributed by atoms with Gasteiger partial charge in [0.25, 0.3) is 5.91 Å². The van der Waals surface area contributed by atoms with Gasteiger partial charge in [0.1, 0.15) is 5.82 Å². The third kappa shape index (κ3) is 3.78. The van der Waals surface area contributed by atoms with Crippen LogP contribution in [0.4, 0.5) is 0 Å². The van der Waals surface area contributed by atoms with Gasteiger partial charge in [0.15, 0.2) is 5.82 Å². The predicted molar refractivity (Wildman–Crippen MR) is 83.8 cm³/mol. The highest BCUT2D eigenvalue weighted by Crippen LogP contribution is 2.14. The van der Waals surface area contributed by atoms with Crippen molar-refractivity contribution in [3.8, 4) is 0 Å². The fourth-order valence-electron chi connectivity index (χ4n) is 2.86. The smallest absolute Gasteiger partial charge is 0.290 e. The summed E-state index contributed by atoms with van der Waals surface area (Å²) in [5.74, 6) is 2.28. The molecule has 3 heterocycles. The van der Waals surface area contributed by atoms with Crippen molar-refractivity contribution in [1.29, 1.82) is 0 Å². The first-order valence-electron chi connectivity index (χ1n) is 8.28. The van der Waals surface area contributed by atoms with E-state index in [1.54, 1.807) is 6.07 Å². The third-order valence-corrected chi connectivity index (χ3v) is 3.99. The Morgan fingerprint density at radius 1 is 1.35 bits per heavy atom. The summed E-state index contributed by atoms with van der Waals surface area (Å²) in [5.41, 5.74) is 0.807. The van der Waals surface area contributed by atoms with E-state index in [0.29, 0.717) is 12.5 Å². The van der Waals surface area contributed by atoms with Crippen LogP contribution in [0, 0.1) is 5.92 Å². The number of hydrogen-bond donors (Lipinski definition) is 1. The van der Waals surface area contributed by atoms with Crippen LogP contribution < -0.4 is 5.32 Å². The van der Waals surface area contributed by atoms with Gasteiger partial charge in [0.2, 0.25) is 5.76 Å². The van der Waals surface area contributed by atoms with Crippen molar-refractivity contribution in [2.24, 2.45) is 5.92 Å². The van der Waals surface area contributed by atoms with E-state index >= 15 is 0 Å². The number of carbonyl (C=O) groups is 1. The quantitative estimate of drug-likeness (QED) is 0.913. The molecule has 1 aliphatic heterocycles. The van der Waals surface area contributed by atoms with Crippen molar-refractivity contribution < 1.29 is 9.32 Å². The van der Waals surface area contributed by atoms with E-state index in [1.807, 2.05) is 0 Å². The normalized spacial score (nSPS) is 14.6. The number of amides is 1. The first-order valence-corrected chi connectivity index (χ1v) is 8.28. The van der Waals surface area contributed by atoms with Gasteiger partial charge in [-0.25, -0.2) is 0 Å². The van der Waals surface area contributed by atoms with Crippen LogP contribution in [0.1, 0.15) is 61.0 Å². The molecular weight excluding hydrogens is 294 g/mol. The Hall–Kier alpha value is -2.18. The SMILES string of the molecule is CC(C)Cc1cc(C(=O)NCc2nnc3n2CCCCC3)on1. The Balaban J connectivity index is 1.61. The molecule has 0 saturated heterocycles. The fraction of sp³-hybridized carbons (Fsp3) is 0.625. The van der Waals surface area contributed by atoms with Gasteiger partial charge in [-0.3, -0.25) is 4.79 Å². The molecule has 124 valence electrons. The molecule has 0 radical (unpaired) electrons. The molecule has 0 aromatic carbocycles. The van der Waals surface area contributed by atoms with E-state index in [1.165, 1.54) is 6.42 Å². The molecule has 0 atom stereocenters. The lowest BCUT2D eigenvalue weighted by atomic mass is 10.1. The van der Waals surface area contributed by atoms with Gasteiger partial charge < -0.3 is 14.4 Å². The average Bonchev–Trinajstić information content (AvgIpc) is 3.05. The molecular formula is C16H23N5O2.